The molecule has 1 heterocycles. The van der Waals surface area contributed by atoms with E-state index in [0.29, 0.717) is 6.42 Å². The summed E-state index contributed by atoms with van der Waals surface area (Å²) in [5, 5.41) is 9.55. The minimum atomic E-state index is -0.712. The summed E-state index contributed by atoms with van der Waals surface area (Å²) in [5.74, 6) is -0.712. The van der Waals surface area contributed by atoms with Gasteiger partial charge >= 0.3 is 5.97 Å². The molecule has 1 fully saturated rings. The van der Waals surface area contributed by atoms with Crippen LogP contribution < -0.4 is 24.8 Å². The zero-order valence-corrected chi connectivity index (χ0v) is 17.9. The molecule has 7 heteroatoms. The fourth-order valence-corrected chi connectivity index (χ4v) is 3.72. The highest BCUT2D eigenvalue weighted by Gasteiger charge is 2.26. The van der Waals surface area contributed by atoms with Gasteiger partial charge in [0.1, 0.15) is 0 Å². The summed E-state index contributed by atoms with van der Waals surface area (Å²) in [7, 11) is 0. The summed E-state index contributed by atoms with van der Waals surface area (Å²) in [5.41, 5.74) is 2.54. The number of rotatable bonds is 7. The summed E-state index contributed by atoms with van der Waals surface area (Å²) in [6, 6.07) is 18.9. The number of nitrogens with zero attached hydrogens (tertiary/aromatic N) is 2. The highest BCUT2D eigenvalue weighted by atomic mass is 35.5. The van der Waals surface area contributed by atoms with Crippen LogP contribution in [0, 0.1) is 0 Å². The molecule has 0 unspecified atom stereocenters. The Kier molecular flexibility index (Phi) is 10.9. The van der Waals surface area contributed by atoms with Crippen molar-refractivity contribution in [2.45, 2.75) is 18.9 Å². The molecule has 28 heavy (non-hydrogen) atoms. The Morgan fingerprint density at radius 2 is 1.50 bits per heavy atom. The number of carboxylic acids is 1. The minimum Gasteiger partial charge on any atom is -1.00 e. The minimum absolute atomic E-state index is 0. The summed E-state index contributed by atoms with van der Waals surface area (Å²) < 4.78 is 0. The zero-order valence-electron chi connectivity index (χ0n) is 15.6. The summed E-state index contributed by atoms with van der Waals surface area (Å²) >= 11 is 6.08. The van der Waals surface area contributed by atoms with Gasteiger partial charge in [0.2, 0.25) is 0 Å². The molecule has 1 aliphatic rings. The Bertz CT molecular complexity index is 705. The first-order valence-electron chi connectivity index (χ1n) is 9.12. The van der Waals surface area contributed by atoms with Crippen molar-refractivity contribution in [3.05, 3.63) is 70.7 Å². The van der Waals surface area contributed by atoms with E-state index in [1.807, 2.05) is 18.2 Å². The number of hydrogen-bond acceptors (Lipinski definition) is 3. The van der Waals surface area contributed by atoms with Gasteiger partial charge in [-0.2, -0.15) is 0 Å². The van der Waals surface area contributed by atoms with Crippen LogP contribution in [0.2, 0.25) is 5.02 Å². The van der Waals surface area contributed by atoms with Crippen LogP contribution in [-0.4, -0.2) is 53.6 Å². The number of piperazine rings is 1. The highest BCUT2D eigenvalue weighted by molar-refractivity contribution is 6.30. The molecule has 0 aliphatic carbocycles. The number of carbonyl (C=O) groups is 1. The average molecular weight is 444 g/mol. The van der Waals surface area contributed by atoms with Crippen molar-refractivity contribution in [1.29, 1.82) is 0 Å². The molecule has 0 spiro atoms. The summed E-state index contributed by atoms with van der Waals surface area (Å²) in [6.45, 7) is 4.73. The van der Waals surface area contributed by atoms with Crippen molar-refractivity contribution in [3.8, 4) is 0 Å². The molecule has 1 atom stereocenters. The van der Waals surface area contributed by atoms with E-state index in [1.165, 1.54) is 11.1 Å². The lowest BCUT2D eigenvalue weighted by molar-refractivity contribution is -0.137. The normalized spacial score (nSPS) is 15.9. The maximum Gasteiger partial charge on any atom is 0.303 e. The van der Waals surface area contributed by atoms with Gasteiger partial charge in [0.25, 0.3) is 0 Å². The van der Waals surface area contributed by atoms with Crippen LogP contribution >= 0.6 is 11.6 Å². The zero-order chi connectivity index (χ0) is 18.4. The molecular weight excluding hydrogens is 419 g/mol. The molecule has 154 valence electrons. The summed E-state index contributed by atoms with van der Waals surface area (Å²) in [6.07, 6.45) is 0.965. The van der Waals surface area contributed by atoms with Crippen molar-refractivity contribution in [2.24, 2.45) is 0 Å². The molecule has 0 amide bonds. The van der Waals surface area contributed by atoms with Gasteiger partial charge in [-0.15, -0.1) is 0 Å². The SMILES string of the molecule is O=C(O)CCCN1CCN([C@H](c2ccccc2)c2ccc(Cl)cc2)CC1.[Cl-].[Cl-]. The van der Waals surface area contributed by atoms with Crippen LogP contribution in [0.5, 0.6) is 0 Å². The Morgan fingerprint density at radius 3 is 2.07 bits per heavy atom. The molecule has 2 aromatic rings. The topological polar surface area (TPSA) is 43.8 Å². The van der Waals surface area contributed by atoms with E-state index in [4.69, 9.17) is 16.7 Å². The van der Waals surface area contributed by atoms with Gasteiger partial charge in [0, 0.05) is 37.6 Å². The quantitative estimate of drug-likeness (QED) is 0.534. The van der Waals surface area contributed by atoms with Crippen molar-refractivity contribution in [3.63, 3.8) is 0 Å². The van der Waals surface area contributed by atoms with Gasteiger partial charge < -0.3 is 34.8 Å². The van der Waals surface area contributed by atoms with E-state index in [-0.39, 0.29) is 37.3 Å². The molecule has 0 aromatic heterocycles. The van der Waals surface area contributed by atoms with E-state index in [9.17, 15) is 4.79 Å². The largest absolute Gasteiger partial charge is 1.00 e. The molecular formula is C21H25Cl3N2O2-2. The lowest BCUT2D eigenvalue weighted by atomic mass is 9.96. The van der Waals surface area contributed by atoms with Gasteiger partial charge in [0.15, 0.2) is 0 Å². The molecule has 3 rings (SSSR count). The predicted octanol–water partition coefficient (Wildman–Crippen LogP) is -2.08. The Balaban J connectivity index is 0.00000196. The van der Waals surface area contributed by atoms with Crippen molar-refractivity contribution in [2.75, 3.05) is 32.7 Å². The third-order valence-electron chi connectivity index (χ3n) is 4.94. The first-order chi connectivity index (χ1) is 12.6. The van der Waals surface area contributed by atoms with Crippen molar-refractivity contribution < 1.29 is 34.7 Å². The first-order valence-corrected chi connectivity index (χ1v) is 9.50. The van der Waals surface area contributed by atoms with Gasteiger partial charge in [-0.3, -0.25) is 9.69 Å². The maximum absolute atomic E-state index is 10.7. The Hall–Kier alpha value is -1.30. The Labute approximate surface area is 184 Å². The van der Waals surface area contributed by atoms with E-state index in [2.05, 4.69) is 46.2 Å². The van der Waals surface area contributed by atoms with E-state index in [1.54, 1.807) is 0 Å². The first kappa shape index (κ1) is 24.7. The number of carboxylic acid groups (broad SMARTS) is 1. The van der Waals surface area contributed by atoms with Crippen LogP contribution in [0.1, 0.15) is 30.0 Å². The van der Waals surface area contributed by atoms with Gasteiger partial charge in [0.05, 0.1) is 6.04 Å². The molecule has 4 nitrogen and oxygen atoms in total. The molecule has 1 N–H and O–H groups in total. The third-order valence-corrected chi connectivity index (χ3v) is 5.19. The third kappa shape index (κ3) is 6.94. The fourth-order valence-electron chi connectivity index (χ4n) is 3.59. The van der Waals surface area contributed by atoms with Crippen LogP contribution in [-0.2, 0) is 4.79 Å². The second kappa shape index (κ2) is 12.3. The number of aliphatic carboxylic acids is 1. The Morgan fingerprint density at radius 1 is 0.929 bits per heavy atom. The second-order valence-electron chi connectivity index (χ2n) is 6.74. The monoisotopic (exact) mass is 442 g/mol. The van der Waals surface area contributed by atoms with Crippen LogP contribution in [0.25, 0.3) is 0 Å². The number of hydrogen-bond donors (Lipinski definition) is 1. The van der Waals surface area contributed by atoms with Gasteiger partial charge in [-0.05, 0) is 36.2 Å². The molecule has 0 saturated carbocycles. The van der Waals surface area contributed by atoms with Crippen LogP contribution in [0.3, 0.4) is 0 Å². The molecule has 1 saturated heterocycles. The van der Waals surface area contributed by atoms with Crippen LogP contribution in [0.4, 0.5) is 0 Å². The highest BCUT2D eigenvalue weighted by Crippen LogP contribution is 2.30. The molecule has 2 aromatic carbocycles. The van der Waals surface area contributed by atoms with Crippen molar-refractivity contribution in [1.82, 2.24) is 9.80 Å². The van der Waals surface area contributed by atoms with Gasteiger partial charge in [-0.25, -0.2) is 0 Å². The number of benzene rings is 2. The van der Waals surface area contributed by atoms with Gasteiger partial charge in [-0.1, -0.05) is 54.1 Å². The van der Waals surface area contributed by atoms with E-state index in [0.717, 1.165) is 37.7 Å². The smallest absolute Gasteiger partial charge is 0.303 e. The maximum atomic E-state index is 10.7. The average Bonchev–Trinajstić information content (AvgIpc) is 2.65. The fraction of sp³-hybridized carbons (Fsp3) is 0.381. The second-order valence-corrected chi connectivity index (χ2v) is 7.18. The van der Waals surface area contributed by atoms with Crippen molar-refractivity contribution >= 4 is 17.6 Å². The standard InChI is InChI=1S/C21H25ClN2O2.2ClH/c22-19-10-8-18(9-11-19)21(17-5-2-1-3-6-17)24-15-13-23(14-16-24)12-4-7-20(25)26;;/h1-3,5-6,8-11,21H,4,7,12-16H2,(H,25,26);2*1H/p-2/t21-;;/m1../s1. The molecule has 0 radical (unpaired) electrons. The molecule has 0 bridgehead atoms. The lowest BCUT2D eigenvalue weighted by Gasteiger charge is -2.39. The van der Waals surface area contributed by atoms with E-state index >= 15 is 0 Å². The predicted molar refractivity (Wildman–Crippen MR) is 105 cm³/mol. The molecule has 1 aliphatic heterocycles. The number of halogens is 3. The lowest BCUT2D eigenvalue weighted by Crippen LogP contribution is -3.00. The van der Waals surface area contributed by atoms with E-state index < -0.39 is 5.97 Å². The summed E-state index contributed by atoms with van der Waals surface area (Å²) in [4.78, 5) is 15.6. The van der Waals surface area contributed by atoms with Crippen LogP contribution in [0.15, 0.2) is 54.6 Å².